The molecule has 17 heavy (non-hydrogen) atoms. The van der Waals surface area contributed by atoms with Crippen molar-refractivity contribution in [2.24, 2.45) is 0 Å². The highest BCUT2D eigenvalue weighted by Gasteiger charge is 2.28. The first-order chi connectivity index (χ1) is 7.81. The van der Waals surface area contributed by atoms with Gasteiger partial charge in [0.05, 0.1) is 20.7 Å². The average molecular weight is 288 g/mol. The molecule has 3 nitrogen and oxygen atoms in total. The molecule has 1 aromatic carbocycles. The van der Waals surface area contributed by atoms with Crippen LogP contribution < -0.4 is 5.73 Å². The zero-order valence-corrected chi connectivity index (χ0v) is 10.0. The summed E-state index contributed by atoms with van der Waals surface area (Å²) >= 11 is 5.74. The van der Waals surface area contributed by atoms with Crippen LogP contribution in [0.4, 0.5) is 18.9 Å². The highest BCUT2D eigenvalue weighted by atomic mass is 35.5. The van der Waals surface area contributed by atoms with Crippen molar-refractivity contribution >= 4 is 28.1 Å². The van der Waals surface area contributed by atoms with Crippen LogP contribution in [0.5, 0.6) is 0 Å². The molecule has 0 aromatic heterocycles. The number of benzene rings is 1. The second-order valence-corrected chi connectivity index (χ2v) is 4.83. The van der Waals surface area contributed by atoms with E-state index in [0.29, 0.717) is 0 Å². The van der Waals surface area contributed by atoms with Crippen molar-refractivity contribution in [2.75, 3.05) is 18.3 Å². The maximum absolute atomic E-state index is 11.8. The first-order valence-electron chi connectivity index (χ1n) is 4.38. The lowest BCUT2D eigenvalue weighted by Crippen LogP contribution is -2.19. The largest absolute Gasteiger partial charge is 0.411 e. The van der Waals surface area contributed by atoms with Gasteiger partial charge in [0.2, 0.25) is 0 Å². The molecule has 0 fully saturated rings. The van der Waals surface area contributed by atoms with Crippen LogP contribution in [0.3, 0.4) is 0 Å². The molecule has 0 heterocycles. The molecule has 0 saturated heterocycles. The minimum atomic E-state index is -4.45. The summed E-state index contributed by atoms with van der Waals surface area (Å²) in [6.07, 6.45) is -4.45. The number of nitrogen functional groups attached to an aromatic ring is 1. The minimum Gasteiger partial charge on any atom is -0.398 e. The van der Waals surface area contributed by atoms with E-state index in [1.54, 1.807) is 6.07 Å². The van der Waals surface area contributed by atoms with E-state index in [1.807, 2.05) is 0 Å². The maximum Gasteiger partial charge on any atom is 0.411 e. The lowest BCUT2D eigenvalue weighted by Gasteiger charge is -2.09. The predicted octanol–water partition coefficient (Wildman–Crippen LogP) is 2.57. The monoisotopic (exact) mass is 287 g/mol. The van der Waals surface area contributed by atoms with Crippen molar-refractivity contribution in [1.82, 2.24) is 0 Å². The Balaban J connectivity index is 2.65. The number of rotatable bonds is 4. The topological polar surface area (TPSA) is 52.3 Å². The normalized spacial score (nSPS) is 13.6. The van der Waals surface area contributed by atoms with Gasteiger partial charge in [0.15, 0.2) is 0 Å². The molecule has 1 unspecified atom stereocenters. The Labute approximate surface area is 103 Å². The molecule has 0 radical (unpaired) electrons. The van der Waals surface area contributed by atoms with Gasteiger partial charge in [-0.3, -0.25) is 4.21 Å². The summed E-state index contributed by atoms with van der Waals surface area (Å²) < 4.78 is 51.3. The maximum atomic E-state index is 11.8. The fourth-order valence-electron chi connectivity index (χ4n) is 1.06. The molecule has 0 aliphatic carbocycles. The Morgan fingerprint density at radius 2 is 2.06 bits per heavy atom. The van der Waals surface area contributed by atoms with E-state index in [1.165, 1.54) is 12.1 Å². The van der Waals surface area contributed by atoms with Crippen LogP contribution in [-0.2, 0) is 15.5 Å². The number of anilines is 1. The Morgan fingerprint density at radius 1 is 1.41 bits per heavy atom. The van der Waals surface area contributed by atoms with E-state index < -0.39 is 29.5 Å². The summed E-state index contributed by atoms with van der Waals surface area (Å²) in [6, 6.07) is 4.46. The molecule has 2 N–H and O–H groups in total. The van der Waals surface area contributed by atoms with E-state index in [-0.39, 0.29) is 15.6 Å². The summed E-state index contributed by atoms with van der Waals surface area (Å²) in [5.74, 6) is -0.604. The van der Waals surface area contributed by atoms with E-state index >= 15 is 0 Å². The smallest absolute Gasteiger partial charge is 0.398 e. The van der Waals surface area contributed by atoms with Gasteiger partial charge in [-0.2, -0.15) is 13.2 Å². The second-order valence-electron chi connectivity index (χ2n) is 3.09. The lowest BCUT2D eigenvalue weighted by molar-refractivity contribution is -0.169. The van der Waals surface area contributed by atoms with Gasteiger partial charge in [0.25, 0.3) is 0 Å². The average Bonchev–Trinajstić information content (AvgIpc) is 2.15. The van der Waals surface area contributed by atoms with Gasteiger partial charge in [-0.05, 0) is 12.1 Å². The fraction of sp³-hybridized carbons (Fsp3) is 0.333. The number of ether oxygens (including phenoxy) is 1. The minimum absolute atomic E-state index is 0.0938. The molecule has 0 saturated carbocycles. The zero-order chi connectivity index (χ0) is 13.1. The fourth-order valence-corrected chi connectivity index (χ4v) is 2.47. The van der Waals surface area contributed by atoms with Crippen molar-refractivity contribution < 1.29 is 22.1 Å². The molecule has 1 rings (SSSR count). The molecule has 1 aromatic rings. The van der Waals surface area contributed by atoms with E-state index in [2.05, 4.69) is 4.74 Å². The molecule has 0 aliphatic rings. The van der Waals surface area contributed by atoms with Crippen LogP contribution in [0.1, 0.15) is 0 Å². The molecule has 0 aliphatic heterocycles. The van der Waals surface area contributed by atoms with Gasteiger partial charge < -0.3 is 10.5 Å². The quantitative estimate of drug-likeness (QED) is 0.866. The molecule has 0 bridgehead atoms. The summed E-state index contributed by atoms with van der Waals surface area (Å²) in [5.41, 5.74) is 5.68. The van der Waals surface area contributed by atoms with Gasteiger partial charge in [0, 0.05) is 5.69 Å². The van der Waals surface area contributed by atoms with Crippen LogP contribution in [-0.4, -0.2) is 22.9 Å². The van der Waals surface area contributed by atoms with Gasteiger partial charge in [-0.25, -0.2) is 0 Å². The van der Waals surface area contributed by atoms with E-state index in [4.69, 9.17) is 17.3 Å². The summed E-state index contributed by atoms with van der Waals surface area (Å²) in [4.78, 5) is 0.0938. The first-order valence-corrected chi connectivity index (χ1v) is 6.08. The summed E-state index contributed by atoms with van der Waals surface area (Å²) in [7, 11) is -1.82. The van der Waals surface area contributed by atoms with Crippen LogP contribution in [0, 0.1) is 0 Å². The Kier molecular flexibility index (Phi) is 4.79. The molecule has 8 heteroatoms. The van der Waals surface area contributed by atoms with Gasteiger partial charge >= 0.3 is 6.18 Å². The van der Waals surface area contributed by atoms with E-state index in [9.17, 15) is 17.4 Å². The molecular formula is C9H9ClF3NO2S. The second kappa shape index (κ2) is 5.70. The molecule has 1 atom stereocenters. The highest BCUT2D eigenvalue weighted by molar-refractivity contribution is 7.85. The van der Waals surface area contributed by atoms with Crippen molar-refractivity contribution in [3.8, 4) is 0 Å². The van der Waals surface area contributed by atoms with Crippen molar-refractivity contribution in [2.45, 2.75) is 11.1 Å². The summed E-state index contributed by atoms with van der Waals surface area (Å²) in [5, 5.41) is 0.138. The standard InChI is InChI=1S/C9H9ClF3NO2S/c10-6-2-1-3-7(14)8(6)17(15)5-16-4-9(11,12)13/h1-3H,4-5,14H2. The lowest BCUT2D eigenvalue weighted by atomic mass is 10.3. The number of hydrogen-bond donors (Lipinski definition) is 1. The third kappa shape index (κ3) is 4.53. The van der Waals surface area contributed by atoms with Gasteiger partial charge in [0.1, 0.15) is 12.5 Å². The highest BCUT2D eigenvalue weighted by Crippen LogP contribution is 2.26. The number of hydrogen-bond acceptors (Lipinski definition) is 3. The molecule has 0 amide bonds. The van der Waals surface area contributed by atoms with Crippen molar-refractivity contribution in [3.63, 3.8) is 0 Å². The third-order valence-electron chi connectivity index (χ3n) is 1.68. The SMILES string of the molecule is Nc1cccc(Cl)c1S(=O)COCC(F)(F)F. The Morgan fingerprint density at radius 3 is 2.59 bits per heavy atom. The Hall–Kier alpha value is -0.790. The van der Waals surface area contributed by atoms with Crippen LogP contribution in [0.25, 0.3) is 0 Å². The van der Waals surface area contributed by atoms with Crippen LogP contribution in [0.2, 0.25) is 5.02 Å². The number of halogens is 4. The summed E-state index contributed by atoms with van der Waals surface area (Å²) in [6.45, 7) is -1.46. The number of alkyl halides is 3. The zero-order valence-electron chi connectivity index (χ0n) is 8.46. The number of nitrogens with two attached hydrogens (primary N) is 1. The molecule has 0 spiro atoms. The van der Waals surface area contributed by atoms with Gasteiger partial charge in [-0.15, -0.1) is 0 Å². The Bertz CT molecular complexity index is 405. The predicted molar refractivity (Wildman–Crippen MR) is 59.1 cm³/mol. The molecule has 96 valence electrons. The first kappa shape index (κ1) is 14.3. The van der Waals surface area contributed by atoms with Crippen LogP contribution in [0.15, 0.2) is 23.1 Å². The van der Waals surface area contributed by atoms with Crippen molar-refractivity contribution in [3.05, 3.63) is 23.2 Å². The third-order valence-corrected chi connectivity index (χ3v) is 3.40. The molecular weight excluding hydrogens is 279 g/mol. The van der Waals surface area contributed by atoms with Crippen LogP contribution >= 0.6 is 11.6 Å². The van der Waals surface area contributed by atoms with Crippen molar-refractivity contribution in [1.29, 1.82) is 0 Å². The van der Waals surface area contributed by atoms with Gasteiger partial charge in [-0.1, -0.05) is 17.7 Å². The van der Waals surface area contributed by atoms with E-state index in [0.717, 1.165) is 0 Å².